The molecule has 1 aliphatic rings. The molecule has 1 aromatic heterocycles. The molecule has 3 heteroatoms. The number of hydrogen-bond donors (Lipinski definition) is 1. The Hall–Kier alpha value is -1.35. The number of aromatic nitrogens is 1. The van der Waals surface area contributed by atoms with Crippen molar-refractivity contribution in [2.45, 2.75) is 25.7 Å². The van der Waals surface area contributed by atoms with Gasteiger partial charge in [-0.3, -0.25) is 4.99 Å². The van der Waals surface area contributed by atoms with Crippen molar-refractivity contribution in [3.63, 3.8) is 0 Å². The first kappa shape index (κ1) is 12.7. The SMILES string of the molecule is C=CCCCC1=NCCc2c1[nH]c1cc(Br)ccc21. The fourth-order valence-electron chi connectivity index (χ4n) is 2.73. The van der Waals surface area contributed by atoms with Gasteiger partial charge in [0.05, 0.1) is 11.4 Å². The topological polar surface area (TPSA) is 28.1 Å². The molecule has 1 aromatic carbocycles. The summed E-state index contributed by atoms with van der Waals surface area (Å²) >= 11 is 3.53. The highest BCUT2D eigenvalue weighted by Gasteiger charge is 2.18. The fraction of sp³-hybridized carbons (Fsp3) is 0.312. The van der Waals surface area contributed by atoms with Gasteiger partial charge in [-0.25, -0.2) is 0 Å². The van der Waals surface area contributed by atoms with Crippen molar-refractivity contribution in [1.29, 1.82) is 0 Å². The number of allylic oxidation sites excluding steroid dienone is 1. The van der Waals surface area contributed by atoms with Crippen molar-refractivity contribution in [2.24, 2.45) is 4.99 Å². The van der Waals surface area contributed by atoms with E-state index in [0.717, 1.165) is 36.7 Å². The molecule has 1 aliphatic heterocycles. The van der Waals surface area contributed by atoms with Crippen molar-refractivity contribution in [3.05, 3.63) is 46.6 Å². The number of aromatic amines is 1. The maximum Gasteiger partial charge on any atom is 0.0638 e. The monoisotopic (exact) mass is 316 g/mol. The van der Waals surface area contributed by atoms with E-state index < -0.39 is 0 Å². The molecule has 98 valence electrons. The van der Waals surface area contributed by atoms with Gasteiger partial charge in [0.15, 0.2) is 0 Å². The zero-order chi connectivity index (χ0) is 13.2. The maximum absolute atomic E-state index is 4.70. The number of halogens is 1. The van der Waals surface area contributed by atoms with Gasteiger partial charge in [0.25, 0.3) is 0 Å². The van der Waals surface area contributed by atoms with Crippen LogP contribution in [0.5, 0.6) is 0 Å². The fourth-order valence-corrected chi connectivity index (χ4v) is 3.09. The van der Waals surface area contributed by atoms with Gasteiger partial charge in [-0.1, -0.05) is 28.1 Å². The van der Waals surface area contributed by atoms with Gasteiger partial charge >= 0.3 is 0 Å². The smallest absolute Gasteiger partial charge is 0.0638 e. The molecular weight excluding hydrogens is 300 g/mol. The molecule has 0 amide bonds. The number of fused-ring (bicyclic) bond motifs is 3. The molecule has 0 saturated heterocycles. The van der Waals surface area contributed by atoms with Crippen LogP contribution in [0.4, 0.5) is 0 Å². The first-order chi connectivity index (χ1) is 9.29. The van der Waals surface area contributed by atoms with Crippen molar-refractivity contribution in [2.75, 3.05) is 6.54 Å². The lowest BCUT2D eigenvalue weighted by Crippen LogP contribution is -2.12. The van der Waals surface area contributed by atoms with E-state index in [4.69, 9.17) is 4.99 Å². The summed E-state index contributed by atoms with van der Waals surface area (Å²) in [4.78, 5) is 8.25. The summed E-state index contributed by atoms with van der Waals surface area (Å²) in [6.45, 7) is 4.70. The molecule has 0 spiro atoms. The van der Waals surface area contributed by atoms with Gasteiger partial charge in [0.2, 0.25) is 0 Å². The lowest BCUT2D eigenvalue weighted by molar-refractivity contribution is 0.863. The summed E-state index contributed by atoms with van der Waals surface area (Å²) in [5, 5.41) is 1.34. The van der Waals surface area contributed by atoms with Crippen molar-refractivity contribution < 1.29 is 0 Å². The summed E-state index contributed by atoms with van der Waals surface area (Å²) in [7, 11) is 0. The quantitative estimate of drug-likeness (QED) is 0.629. The van der Waals surface area contributed by atoms with E-state index in [1.54, 1.807) is 0 Å². The minimum absolute atomic E-state index is 0.916. The Balaban J connectivity index is 1.99. The predicted octanol–water partition coefficient (Wildman–Crippen LogP) is 4.63. The van der Waals surface area contributed by atoms with Gasteiger partial charge in [0.1, 0.15) is 0 Å². The lowest BCUT2D eigenvalue weighted by atomic mass is 9.99. The Morgan fingerprint density at radius 3 is 3.16 bits per heavy atom. The standard InChI is InChI=1S/C16H17BrN2/c1-2-3-4-5-14-16-13(8-9-18-14)12-7-6-11(17)10-15(12)19-16/h2,6-7,10,19H,1,3-5,8-9H2. The maximum atomic E-state index is 4.70. The third-order valence-corrected chi connectivity index (χ3v) is 4.14. The van der Waals surface area contributed by atoms with E-state index in [2.05, 4.69) is 45.7 Å². The van der Waals surface area contributed by atoms with Crippen LogP contribution in [0.3, 0.4) is 0 Å². The molecule has 0 unspecified atom stereocenters. The third kappa shape index (κ3) is 2.39. The molecule has 0 radical (unpaired) electrons. The second-order valence-corrected chi connectivity index (χ2v) is 5.84. The van der Waals surface area contributed by atoms with Crippen molar-refractivity contribution in [3.8, 4) is 0 Å². The molecular formula is C16H17BrN2. The Morgan fingerprint density at radius 2 is 2.32 bits per heavy atom. The number of hydrogen-bond acceptors (Lipinski definition) is 1. The van der Waals surface area contributed by atoms with Crippen LogP contribution >= 0.6 is 15.9 Å². The molecule has 2 nitrogen and oxygen atoms in total. The second-order valence-electron chi connectivity index (χ2n) is 4.93. The zero-order valence-corrected chi connectivity index (χ0v) is 12.5. The number of aliphatic imine (C=N–C) groups is 1. The molecule has 0 saturated carbocycles. The molecule has 1 N–H and O–H groups in total. The number of nitrogens with one attached hydrogen (secondary N) is 1. The number of rotatable bonds is 4. The summed E-state index contributed by atoms with van der Waals surface area (Å²) in [6, 6.07) is 6.45. The Bertz CT molecular complexity index is 652. The molecule has 19 heavy (non-hydrogen) atoms. The van der Waals surface area contributed by atoms with E-state index >= 15 is 0 Å². The molecule has 2 aromatic rings. The molecule has 3 rings (SSSR count). The van der Waals surface area contributed by atoms with E-state index in [9.17, 15) is 0 Å². The van der Waals surface area contributed by atoms with Gasteiger partial charge < -0.3 is 4.98 Å². The van der Waals surface area contributed by atoms with Gasteiger partial charge in [-0.2, -0.15) is 0 Å². The van der Waals surface area contributed by atoms with Crippen LogP contribution < -0.4 is 0 Å². The van der Waals surface area contributed by atoms with Crippen LogP contribution in [0, 0.1) is 0 Å². The molecule has 0 bridgehead atoms. The molecule has 0 atom stereocenters. The average Bonchev–Trinajstić information content (AvgIpc) is 2.77. The van der Waals surface area contributed by atoms with Crippen LogP contribution in [0.15, 0.2) is 40.3 Å². The summed E-state index contributed by atoms with van der Waals surface area (Å²) in [6.07, 6.45) is 6.24. The highest BCUT2D eigenvalue weighted by atomic mass is 79.9. The lowest BCUT2D eigenvalue weighted by Gasteiger charge is -2.13. The Labute approximate surface area is 121 Å². The summed E-state index contributed by atoms with van der Waals surface area (Å²) in [5.41, 5.74) is 5.13. The first-order valence-electron chi connectivity index (χ1n) is 6.74. The Morgan fingerprint density at radius 1 is 1.42 bits per heavy atom. The molecule has 2 heterocycles. The van der Waals surface area contributed by atoms with E-state index in [-0.39, 0.29) is 0 Å². The Kier molecular flexibility index (Phi) is 3.56. The zero-order valence-electron chi connectivity index (χ0n) is 10.9. The summed E-state index contributed by atoms with van der Waals surface area (Å²) < 4.78 is 1.11. The van der Waals surface area contributed by atoms with E-state index in [0.29, 0.717) is 0 Å². The van der Waals surface area contributed by atoms with Crippen LogP contribution in [0.25, 0.3) is 10.9 Å². The van der Waals surface area contributed by atoms with Crippen LogP contribution in [-0.2, 0) is 6.42 Å². The summed E-state index contributed by atoms with van der Waals surface area (Å²) in [5.74, 6) is 0. The number of benzene rings is 1. The van der Waals surface area contributed by atoms with E-state index in [1.807, 2.05) is 6.08 Å². The van der Waals surface area contributed by atoms with E-state index in [1.165, 1.54) is 27.9 Å². The third-order valence-electron chi connectivity index (χ3n) is 3.64. The first-order valence-corrected chi connectivity index (χ1v) is 7.53. The minimum atomic E-state index is 0.916. The average molecular weight is 317 g/mol. The minimum Gasteiger partial charge on any atom is -0.353 e. The number of nitrogens with zero attached hydrogens (tertiary/aromatic N) is 1. The van der Waals surface area contributed by atoms with Crippen molar-refractivity contribution >= 4 is 32.5 Å². The number of unbranched alkanes of at least 4 members (excludes halogenated alkanes) is 1. The van der Waals surface area contributed by atoms with Crippen LogP contribution in [0.2, 0.25) is 0 Å². The van der Waals surface area contributed by atoms with Crippen molar-refractivity contribution in [1.82, 2.24) is 4.98 Å². The van der Waals surface area contributed by atoms with Gasteiger partial charge in [0, 0.05) is 21.9 Å². The molecule has 0 fully saturated rings. The second kappa shape index (κ2) is 5.33. The van der Waals surface area contributed by atoms with Gasteiger partial charge in [-0.15, -0.1) is 6.58 Å². The number of H-pyrrole nitrogens is 1. The highest BCUT2D eigenvalue weighted by Crippen LogP contribution is 2.29. The highest BCUT2D eigenvalue weighted by molar-refractivity contribution is 9.10. The predicted molar refractivity (Wildman–Crippen MR) is 85.2 cm³/mol. The molecule has 0 aliphatic carbocycles. The normalized spacial score (nSPS) is 14.3. The largest absolute Gasteiger partial charge is 0.353 e. The van der Waals surface area contributed by atoms with Crippen LogP contribution in [0.1, 0.15) is 30.5 Å². The van der Waals surface area contributed by atoms with Crippen LogP contribution in [-0.4, -0.2) is 17.2 Å². The van der Waals surface area contributed by atoms with Gasteiger partial charge in [-0.05, 0) is 43.4 Å².